The molecule has 0 unspecified atom stereocenters. The maximum absolute atomic E-state index is 13.1. The van der Waals surface area contributed by atoms with Gasteiger partial charge in [-0.05, 0) is 52.9 Å². The van der Waals surface area contributed by atoms with Gasteiger partial charge in [0.25, 0.3) is 0 Å². The van der Waals surface area contributed by atoms with Crippen LogP contribution in [0.5, 0.6) is 17.2 Å². The van der Waals surface area contributed by atoms with Crippen molar-refractivity contribution >= 4 is 11.8 Å². The zero-order valence-electron chi connectivity index (χ0n) is 18.0. The van der Waals surface area contributed by atoms with Crippen molar-refractivity contribution in [3.8, 4) is 17.2 Å². The van der Waals surface area contributed by atoms with Gasteiger partial charge in [0.1, 0.15) is 17.2 Å². The fraction of sp³-hybridized carbons (Fsp3) is 0.280. The van der Waals surface area contributed by atoms with Crippen molar-refractivity contribution in [1.82, 2.24) is 0 Å². The van der Waals surface area contributed by atoms with Gasteiger partial charge in [-0.3, -0.25) is 0 Å². The van der Waals surface area contributed by atoms with E-state index in [4.69, 9.17) is 4.74 Å². The zero-order valence-corrected chi connectivity index (χ0v) is 18.9. The molecule has 0 atom stereocenters. The molecule has 33 heavy (non-hydrogen) atoms. The zero-order chi connectivity index (χ0) is 24.1. The second-order valence-electron chi connectivity index (χ2n) is 8.08. The summed E-state index contributed by atoms with van der Waals surface area (Å²) in [5.41, 5.74) is 1.55. The van der Waals surface area contributed by atoms with Gasteiger partial charge in [0.2, 0.25) is 0 Å². The maximum Gasteiger partial charge on any atom is 0.499 e. The Morgan fingerprint density at radius 1 is 0.727 bits per heavy atom. The van der Waals surface area contributed by atoms with Crippen molar-refractivity contribution in [2.24, 2.45) is 0 Å². The minimum atomic E-state index is -5.77. The topological polar surface area (TPSA) is 18.5 Å². The van der Waals surface area contributed by atoms with Gasteiger partial charge in [-0.25, -0.2) is 0 Å². The smallest absolute Gasteiger partial charge is 0.457 e. The van der Waals surface area contributed by atoms with E-state index in [2.05, 4.69) is 4.74 Å². The van der Waals surface area contributed by atoms with E-state index >= 15 is 0 Å². The van der Waals surface area contributed by atoms with Crippen LogP contribution in [0.25, 0.3) is 0 Å². The average Bonchev–Trinajstić information content (AvgIpc) is 2.74. The lowest BCUT2D eigenvalue weighted by atomic mass is 9.87. The van der Waals surface area contributed by atoms with Crippen molar-refractivity contribution in [1.29, 1.82) is 0 Å². The Kier molecular flexibility index (Phi) is 7.57. The lowest BCUT2D eigenvalue weighted by Crippen LogP contribution is -2.41. The first-order valence-corrected chi connectivity index (χ1v) is 11.3. The molecule has 0 saturated carbocycles. The third-order valence-electron chi connectivity index (χ3n) is 4.82. The Morgan fingerprint density at radius 2 is 1.36 bits per heavy atom. The number of halogens is 5. The maximum atomic E-state index is 13.1. The summed E-state index contributed by atoms with van der Waals surface area (Å²) in [6, 6.07) is 22.5. The second kappa shape index (κ2) is 10.0. The molecule has 0 N–H and O–H groups in total. The molecular formula is C25H23F5O2S. The summed E-state index contributed by atoms with van der Waals surface area (Å²) < 4.78 is 72.8. The average molecular weight is 483 g/mol. The monoisotopic (exact) mass is 482 g/mol. The van der Waals surface area contributed by atoms with E-state index < -0.39 is 18.0 Å². The quantitative estimate of drug-likeness (QED) is 0.286. The van der Waals surface area contributed by atoms with Crippen LogP contribution in [0.4, 0.5) is 22.0 Å². The minimum Gasteiger partial charge on any atom is -0.457 e. The fourth-order valence-electron chi connectivity index (χ4n) is 3.01. The van der Waals surface area contributed by atoms with Crippen LogP contribution >= 0.6 is 11.8 Å². The highest BCUT2D eigenvalue weighted by molar-refractivity contribution is 7.98. The summed E-state index contributed by atoms with van der Waals surface area (Å²) in [6.07, 6.45) is -11.0. The van der Waals surface area contributed by atoms with E-state index in [0.717, 1.165) is 40.5 Å². The van der Waals surface area contributed by atoms with Crippen LogP contribution in [0, 0.1) is 0 Å². The van der Waals surface area contributed by atoms with Gasteiger partial charge in [0.15, 0.2) is 0 Å². The van der Waals surface area contributed by atoms with Crippen LogP contribution in [0.2, 0.25) is 0 Å². The molecule has 0 bridgehead atoms. The van der Waals surface area contributed by atoms with Gasteiger partial charge in [0.05, 0.1) is 0 Å². The second-order valence-corrected chi connectivity index (χ2v) is 9.07. The summed E-state index contributed by atoms with van der Waals surface area (Å²) in [4.78, 5) is 0. The van der Waals surface area contributed by atoms with Crippen molar-refractivity contribution < 1.29 is 31.4 Å². The van der Waals surface area contributed by atoms with E-state index in [1.54, 1.807) is 11.8 Å². The largest absolute Gasteiger partial charge is 0.499 e. The molecule has 3 aromatic rings. The number of hydrogen-bond donors (Lipinski definition) is 0. The highest BCUT2D eigenvalue weighted by Gasteiger charge is 2.61. The first-order chi connectivity index (χ1) is 15.5. The number of hydrogen-bond acceptors (Lipinski definition) is 3. The Morgan fingerprint density at radius 3 is 2.00 bits per heavy atom. The van der Waals surface area contributed by atoms with E-state index in [9.17, 15) is 22.0 Å². The standard InChI is InChI=1S/C25H23F5O2S/c1-23(2,19-11-13-21(14-12-19)32-25(29,30)24(26,27)28)17-33-16-18-7-6-10-22(15-18)31-20-8-4-3-5-9-20/h3-15H,16-17H2,1-2H3. The Balaban J connectivity index is 1.56. The van der Waals surface area contributed by atoms with Gasteiger partial charge in [-0.1, -0.05) is 56.3 Å². The molecule has 0 aliphatic rings. The summed E-state index contributed by atoms with van der Waals surface area (Å²) in [7, 11) is 0. The van der Waals surface area contributed by atoms with Crippen molar-refractivity contribution in [3.05, 3.63) is 90.0 Å². The third-order valence-corrected chi connectivity index (χ3v) is 6.28. The molecule has 0 aliphatic carbocycles. The van der Waals surface area contributed by atoms with E-state index in [1.165, 1.54) is 12.1 Å². The fourth-order valence-corrected chi connectivity index (χ4v) is 4.21. The van der Waals surface area contributed by atoms with Crippen molar-refractivity contribution in [2.45, 2.75) is 37.3 Å². The molecule has 0 amide bonds. The summed E-state index contributed by atoms with van der Waals surface area (Å²) in [5, 5.41) is 0. The van der Waals surface area contributed by atoms with E-state index in [0.29, 0.717) is 5.75 Å². The van der Waals surface area contributed by atoms with Crippen LogP contribution in [0.15, 0.2) is 78.9 Å². The van der Waals surface area contributed by atoms with Crippen molar-refractivity contribution in [2.75, 3.05) is 5.75 Å². The molecule has 0 heterocycles. The number of thioether (sulfide) groups is 1. The molecule has 176 valence electrons. The van der Waals surface area contributed by atoms with E-state index in [-0.39, 0.29) is 5.41 Å². The summed E-state index contributed by atoms with van der Waals surface area (Å²) in [6.45, 7) is 3.96. The first-order valence-electron chi connectivity index (χ1n) is 10.1. The molecule has 2 nitrogen and oxygen atoms in total. The van der Waals surface area contributed by atoms with Gasteiger partial charge in [-0.15, -0.1) is 0 Å². The molecule has 0 aliphatic heterocycles. The Hall–Kier alpha value is -2.74. The molecule has 3 rings (SSSR count). The molecule has 0 spiro atoms. The van der Waals surface area contributed by atoms with Crippen LogP contribution in [-0.2, 0) is 11.2 Å². The predicted octanol–water partition coefficient (Wildman–Crippen LogP) is 8.22. The predicted molar refractivity (Wildman–Crippen MR) is 120 cm³/mol. The molecule has 0 aromatic heterocycles. The van der Waals surface area contributed by atoms with E-state index in [1.807, 2.05) is 68.4 Å². The molecule has 0 saturated heterocycles. The van der Waals surface area contributed by atoms with Crippen LogP contribution in [0.1, 0.15) is 25.0 Å². The molecule has 3 aromatic carbocycles. The number of benzene rings is 3. The number of ether oxygens (including phenoxy) is 2. The van der Waals surface area contributed by atoms with Gasteiger partial charge in [-0.2, -0.15) is 33.7 Å². The minimum absolute atomic E-state index is 0.339. The molecular weight excluding hydrogens is 459 g/mol. The van der Waals surface area contributed by atoms with Crippen LogP contribution in [-0.4, -0.2) is 18.0 Å². The first kappa shape index (κ1) is 24.9. The number of alkyl halides is 5. The Bertz CT molecular complexity index is 1030. The Labute approximate surface area is 193 Å². The number of rotatable bonds is 9. The van der Waals surface area contributed by atoms with Gasteiger partial charge >= 0.3 is 12.3 Å². The highest BCUT2D eigenvalue weighted by atomic mass is 32.2. The third kappa shape index (κ3) is 6.87. The lowest BCUT2D eigenvalue weighted by Gasteiger charge is -2.26. The SMILES string of the molecule is CC(C)(CSCc1cccc(Oc2ccccc2)c1)c1ccc(OC(F)(F)C(F)(F)F)cc1. The summed E-state index contributed by atoms with van der Waals surface area (Å²) in [5.74, 6) is 2.39. The van der Waals surface area contributed by atoms with Gasteiger partial charge in [0, 0.05) is 11.5 Å². The summed E-state index contributed by atoms with van der Waals surface area (Å²) >= 11 is 1.69. The highest BCUT2D eigenvalue weighted by Crippen LogP contribution is 2.38. The normalized spacial score (nSPS) is 12.5. The molecule has 8 heteroatoms. The lowest BCUT2D eigenvalue weighted by molar-refractivity contribution is -0.360. The van der Waals surface area contributed by atoms with Crippen molar-refractivity contribution in [3.63, 3.8) is 0 Å². The molecule has 0 fully saturated rings. The molecule has 0 radical (unpaired) electrons. The number of para-hydroxylation sites is 1. The van der Waals surface area contributed by atoms with Gasteiger partial charge < -0.3 is 9.47 Å². The van der Waals surface area contributed by atoms with Crippen LogP contribution in [0.3, 0.4) is 0 Å². The van der Waals surface area contributed by atoms with Crippen LogP contribution < -0.4 is 9.47 Å².